The molecule has 0 aromatic heterocycles. The topological polar surface area (TPSA) is 35.8 Å². The number of nitrogens with one attached hydrogen (secondary N) is 1. The lowest BCUT2D eigenvalue weighted by Crippen LogP contribution is -2.10. The van der Waals surface area contributed by atoms with E-state index in [1.165, 1.54) is 12.1 Å². The number of rotatable bonds is 3. The zero-order valence-corrected chi connectivity index (χ0v) is 11.1. The number of halogens is 2. The van der Waals surface area contributed by atoms with Gasteiger partial charge in [-0.3, -0.25) is 0 Å². The van der Waals surface area contributed by atoms with Crippen molar-refractivity contribution in [3.05, 3.63) is 64.4 Å². The molecular formula is C15H12ClFN2. The Bertz CT molecular complexity index is 634. The van der Waals surface area contributed by atoms with Gasteiger partial charge in [0.05, 0.1) is 16.8 Å². The second-order valence-corrected chi connectivity index (χ2v) is 4.59. The van der Waals surface area contributed by atoms with Crippen molar-refractivity contribution >= 4 is 17.3 Å². The molecule has 0 saturated heterocycles. The second kappa shape index (κ2) is 5.73. The number of anilines is 1. The van der Waals surface area contributed by atoms with Crippen molar-refractivity contribution in [3.63, 3.8) is 0 Å². The summed E-state index contributed by atoms with van der Waals surface area (Å²) in [6.45, 7) is 1.77. The molecule has 1 atom stereocenters. The Morgan fingerprint density at radius 1 is 1.26 bits per heavy atom. The van der Waals surface area contributed by atoms with E-state index in [2.05, 4.69) is 11.4 Å². The summed E-state index contributed by atoms with van der Waals surface area (Å²) in [4.78, 5) is 0. The molecule has 19 heavy (non-hydrogen) atoms. The van der Waals surface area contributed by atoms with Crippen molar-refractivity contribution in [1.29, 1.82) is 5.26 Å². The van der Waals surface area contributed by atoms with Gasteiger partial charge in [-0.1, -0.05) is 29.8 Å². The minimum absolute atomic E-state index is 0.310. The fourth-order valence-electron chi connectivity index (χ4n) is 1.88. The van der Waals surface area contributed by atoms with Crippen molar-refractivity contribution in [2.45, 2.75) is 13.0 Å². The van der Waals surface area contributed by atoms with Crippen molar-refractivity contribution in [3.8, 4) is 6.07 Å². The zero-order chi connectivity index (χ0) is 13.8. The van der Waals surface area contributed by atoms with E-state index in [1.54, 1.807) is 25.1 Å². The predicted molar refractivity (Wildman–Crippen MR) is 74.6 cm³/mol. The molecule has 0 fully saturated rings. The van der Waals surface area contributed by atoms with Crippen LogP contribution in [0, 0.1) is 24.1 Å². The molecule has 2 nitrogen and oxygen atoms in total. The summed E-state index contributed by atoms with van der Waals surface area (Å²) in [7, 11) is 0. The first kappa shape index (κ1) is 13.4. The molecule has 0 amide bonds. The Kier molecular flexibility index (Phi) is 4.03. The number of nitrogens with zero attached hydrogens (tertiary/aromatic N) is 1. The van der Waals surface area contributed by atoms with Gasteiger partial charge >= 0.3 is 0 Å². The van der Waals surface area contributed by atoms with Gasteiger partial charge in [0.1, 0.15) is 11.9 Å². The normalized spacial score (nSPS) is 11.7. The van der Waals surface area contributed by atoms with Crippen LogP contribution in [0.3, 0.4) is 0 Å². The smallest absolute Gasteiger partial charge is 0.140 e. The summed E-state index contributed by atoms with van der Waals surface area (Å²) in [5.41, 5.74) is 2.15. The van der Waals surface area contributed by atoms with Crippen LogP contribution in [0.4, 0.5) is 10.1 Å². The lowest BCUT2D eigenvalue weighted by atomic mass is 10.0. The molecule has 0 aliphatic heterocycles. The minimum atomic E-state index is -0.569. The Hall–Kier alpha value is -2.05. The third-order valence-electron chi connectivity index (χ3n) is 2.85. The number of benzene rings is 2. The van der Waals surface area contributed by atoms with E-state index in [1.807, 2.05) is 12.1 Å². The molecule has 0 spiro atoms. The fraction of sp³-hybridized carbons (Fsp3) is 0.133. The number of hydrogen-bond donors (Lipinski definition) is 1. The summed E-state index contributed by atoms with van der Waals surface area (Å²) in [5.74, 6) is -0.310. The van der Waals surface area contributed by atoms with Crippen molar-refractivity contribution in [2.24, 2.45) is 0 Å². The van der Waals surface area contributed by atoms with Gasteiger partial charge in [0, 0.05) is 0 Å². The third kappa shape index (κ3) is 3.04. The summed E-state index contributed by atoms with van der Waals surface area (Å²) in [6.07, 6.45) is 0. The quantitative estimate of drug-likeness (QED) is 0.897. The van der Waals surface area contributed by atoms with Crippen LogP contribution in [-0.4, -0.2) is 0 Å². The monoisotopic (exact) mass is 274 g/mol. The lowest BCUT2D eigenvalue weighted by Gasteiger charge is -2.16. The standard InChI is InChI=1S/C15H12ClFN2/c1-10-8-11(17)6-7-12(10)15(9-18)19-14-5-3-2-4-13(14)16/h2-8,15,19H,1H3. The molecule has 96 valence electrons. The molecule has 0 radical (unpaired) electrons. The van der Waals surface area contributed by atoms with Gasteiger partial charge in [-0.05, 0) is 42.3 Å². The molecule has 1 N–H and O–H groups in total. The maximum absolute atomic E-state index is 13.1. The van der Waals surface area contributed by atoms with Crippen LogP contribution in [0.15, 0.2) is 42.5 Å². The zero-order valence-electron chi connectivity index (χ0n) is 10.3. The molecular weight excluding hydrogens is 263 g/mol. The molecule has 2 aromatic carbocycles. The highest BCUT2D eigenvalue weighted by Crippen LogP contribution is 2.27. The Balaban J connectivity index is 2.31. The molecule has 2 aromatic rings. The van der Waals surface area contributed by atoms with Crippen LogP contribution >= 0.6 is 11.6 Å². The van der Waals surface area contributed by atoms with Gasteiger partial charge in [0.25, 0.3) is 0 Å². The largest absolute Gasteiger partial charge is 0.365 e. The van der Waals surface area contributed by atoms with Crippen LogP contribution in [0.5, 0.6) is 0 Å². The average Bonchev–Trinajstić information content (AvgIpc) is 2.39. The highest BCUT2D eigenvalue weighted by molar-refractivity contribution is 6.33. The molecule has 0 aliphatic carbocycles. The molecule has 4 heteroatoms. The van der Waals surface area contributed by atoms with Crippen molar-refractivity contribution in [1.82, 2.24) is 0 Å². The number of nitriles is 1. The van der Waals surface area contributed by atoms with Crippen LogP contribution in [0.1, 0.15) is 17.2 Å². The van der Waals surface area contributed by atoms with Crippen molar-refractivity contribution < 1.29 is 4.39 Å². The lowest BCUT2D eigenvalue weighted by molar-refractivity contribution is 0.625. The van der Waals surface area contributed by atoms with Gasteiger partial charge in [-0.15, -0.1) is 0 Å². The van der Waals surface area contributed by atoms with E-state index in [4.69, 9.17) is 11.6 Å². The Labute approximate surface area is 116 Å². The molecule has 0 bridgehead atoms. The number of para-hydroxylation sites is 1. The first-order valence-electron chi connectivity index (χ1n) is 5.78. The molecule has 1 unspecified atom stereocenters. The molecule has 2 rings (SSSR count). The van der Waals surface area contributed by atoms with E-state index in [9.17, 15) is 9.65 Å². The maximum Gasteiger partial charge on any atom is 0.140 e. The van der Waals surface area contributed by atoms with E-state index >= 15 is 0 Å². The maximum atomic E-state index is 13.1. The first-order chi connectivity index (χ1) is 9.11. The summed E-state index contributed by atoms with van der Waals surface area (Å²) >= 11 is 6.05. The van der Waals surface area contributed by atoms with E-state index in [0.717, 1.165) is 11.1 Å². The predicted octanol–water partition coefficient (Wildman–Crippen LogP) is 4.46. The van der Waals surface area contributed by atoms with Crippen LogP contribution in [0.25, 0.3) is 0 Å². The van der Waals surface area contributed by atoms with Crippen LogP contribution in [0.2, 0.25) is 5.02 Å². The SMILES string of the molecule is Cc1cc(F)ccc1C(C#N)Nc1ccccc1Cl. The summed E-state index contributed by atoms with van der Waals surface area (Å²) in [5, 5.41) is 12.9. The highest BCUT2D eigenvalue weighted by atomic mass is 35.5. The van der Waals surface area contributed by atoms with Crippen LogP contribution < -0.4 is 5.32 Å². The molecule has 0 aliphatic rings. The van der Waals surface area contributed by atoms with Crippen LogP contribution in [-0.2, 0) is 0 Å². The third-order valence-corrected chi connectivity index (χ3v) is 3.18. The summed E-state index contributed by atoms with van der Waals surface area (Å²) in [6, 6.07) is 13.2. The van der Waals surface area contributed by atoms with Gasteiger partial charge in [0.15, 0.2) is 0 Å². The number of hydrogen-bond acceptors (Lipinski definition) is 2. The van der Waals surface area contributed by atoms with Gasteiger partial charge in [0.2, 0.25) is 0 Å². The Morgan fingerprint density at radius 2 is 2.00 bits per heavy atom. The van der Waals surface area contributed by atoms with Gasteiger partial charge in [-0.25, -0.2) is 4.39 Å². The fourth-order valence-corrected chi connectivity index (χ4v) is 2.07. The minimum Gasteiger partial charge on any atom is -0.365 e. The van der Waals surface area contributed by atoms with E-state index in [-0.39, 0.29) is 5.82 Å². The molecule has 0 saturated carbocycles. The highest BCUT2D eigenvalue weighted by Gasteiger charge is 2.14. The van der Waals surface area contributed by atoms with Gasteiger partial charge < -0.3 is 5.32 Å². The molecule has 0 heterocycles. The average molecular weight is 275 g/mol. The van der Waals surface area contributed by atoms with E-state index < -0.39 is 6.04 Å². The second-order valence-electron chi connectivity index (χ2n) is 4.19. The number of aryl methyl sites for hydroxylation is 1. The first-order valence-corrected chi connectivity index (χ1v) is 6.16. The van der Waals surface area contributed by atoms with Gasteiger partial charge in [-0.2, -0.15) is 5.26 Å². The van der Waals surface area contributed by atoms with E-state index in [0.29, 0.717) is 10.7 Å². The summed E-state index contributed by atoms with van der Waals surface area (Å²) < 4.78 is 13.1. The van der Waals surface area contributed by atoms with Crippen molar-refractivity contribution in [2.75, 3.05) is 5.32 Å². The Morgan fingerprint density at radius 3 is 2.63 bits per heavy atom.